The highest BCUT2D eigenvalue weighted by molar-refractivity contribution is 5.85. The molecule has 0 saturated heterocycles. The number of aryl methyl sites for hydroxylation is 2. The first-order chi connectivity index (χ1) is 15.6. The van der Waals surface area contributed by atoms with Gasteiger partial charge in [-0.3, -0.25) is 4.79 Å². The number of halogens is 2. The van der Waals surface area contributed by atoms with E-state index < -0.39 is 5.92 Å². The predicted octanol–water partition coefficient (Wildman–Crippen LogP) is 7.53. The Morgan fingerprint density at radius 1 is 1.06 bits per heavy atom. The summed E-state index contributed by atoms with van der Waals surface area (Å²) in [5, 5.41) is 0. The van der Waals surface area contributed by atoms with Gasteiger partial charge in [0.25, 0.3) is 0 Å². The summed E-state index contributed by atoms with van der Waals surface area (Å²) in [6.07, 6.45) is 3.66. The van der Waals surface area contributed by atoms with Crippen molar-refractivity contribution in [3.63, 3.8) is 0 Å². The van der Waals surface area contributed by atoms with E-state index in [-0.39, 0.29) is 31.7 Å². The largest absolute Gasteiger partial charge is 0.486 e. The minimum absolute atomic E-state index is 0.0301. The third-order valence-electron chi connectivity index (χ3n) is 5.70. The molecule has 2 rings (SSSR count). The Morgan fingerprint density at radius 3 is 2.52 bits per heavy atom. The molecule has 0 bridgehead atoms. The molecule has 0 aliphatic carbocycles. The fourth-order valence-electron chi connectivity index (χ4n) is 3.78. The third kappa shape index (κ3) is 8.64. The summed E-state index contributed by atoms with van der Waals surface area (Å²) in [6, 6.07) is 11.1. The van der Waals surface area contributed by atoms with Crippen LogP contribution in [0.1, 0.15) is 81.0 Å². The number of ketones is 1. The summed E-state index contributed by atoms with van der Waals surface area (Å²) >= 11 is 0. The van der Waals surface area contributed by atoms with Gasteiger partial charge in [0, 0.05) is 30.5 Å². The highest BCUT2D eigenvalue weighted by atomic mass is 19.3. The molecule has 0 fully saturated rings. The van der Waals surface area contributed by atoms with E-state index in [0.29, 0.717) is 29.9 Å². The molecule has 2 aromatic carbocycles. The molecule has 0 spiro atoms. The van der Waals surface area contributed by atoms with Crippen molar-refractivity contribution in [1.82, 2.24) is 0 Å². The van der Waals surface area contributed by atoms with Crippen LogP contribution in [-0.4, -0.2) is 18.3 Å². The molecule has 0 amide bonds. The molecule has 3 nitrogen and oxygen atoms in total. The molecule has 0 aliphatic heterocycles. The lowest BCUT2D eigenvalue weighted by Crippen LogP contribution is -2.16. The van der Waals surface area contributed by atoms with Crippen molar-refractivity contribution in [2.75, 3.05) is 12.3 Å². The number of anilines is 1. The molecule has 2 aromatic rings. The van der Waals surface area contributed by atoms with Crippen LogP contribution in [0.3, 0.4) is 0 Å². The molecule has 0 heterocycles. The number of Topliss-reactive ketones (excluding diaryl/α,β-unsaturated/α-hetero) is 1. The van der Waals surface area contributed by atoms with E-state index in [2.05, 4.69) is 13.5 Å². The molecule has 5 heteroatoms. The molecular formula is C28H37F2NO2. The minimum Gasteiger partial charge on any atom is -0.486 e. The quantitative estimate of drug-likeness (QED) is 0.235. The molecular weight excluding hydrogens is 420 g/mol. The SMILES string of the molecule is C=C(c1cc(CCC(F)(F)CCC)cc(OCC(=O)CCCCC)c1)c1cc(C)ccc1N. The van der Waals surface area contributed by atoms with Gasteiger partial charge in [0.1, 0.15) is 12.4 Å². The summed E-state index contributed by atoms with van der Waals surface area (Å²) in [6.45, 7) is 10.0. The molecule has 2 N–H and O–H groups in total. The maximum atomic E-state index is 14.1. The smallest absolute Gasteiger partial charge is 0.248 e. The highest BCUT2D eigenvalue weighted by Gasteiger charge is 2.27. The number of alkyl halides is 2. The number of unbranched alkanes of at least 4 members (excludes halogenated alkanes) is 2. The number of hydrogen-bond donors (Lipinski definition) is 1. The van der Waals surface area contributed by atoms with Crippen molar-refractivity contribution in [1.29, 1.82) is 0 Å². The Labute approximate surface area is 197 Å². The van der Waals surface area contributed by atoms with Crippen LogP contribution in [0, 0.1) is 6.92 Å². The highest BCUT2D eigenvalue weighted by Crippen LogP contribution is 2.32. The van der Waals surface area contributed by atoms with Gasteiger partial charge in [-0.15, -0.1) is 0 Å². The molecule has 0 radical (unpaired) electrons. The number of rotatable bonds is 14. The summed E-state index contributed by atoms with van der Waals surface area (Å²) < 4.78 is 34.0. The second-order valence-electron chi connectivity index (χ2n) is 8.83. The molecule has 180 valence electrons. The van der Waals surface area contributed by atoms with Gasteiger partial charge >= 0.3 is 0 Å². The van der Waals surface area contributed by atoms with Crippen molar-refractivity contribution in [2.24, 2.45) is 0 Å². The van der Waals surface area contributed by atoms with Crippen LogP contribution in [0.4, 0.5) is 14.5 Å². The molecule has 0 aromatic heterocycles. The predicted molar refractivity (Wildman–Crippen MR) is 133 cm³/mol. The average Bonchev–Trinajstić information content (AvgIpc) is 2.77. The average molecular weight is 458 g/mol. The number of nitrogen functional groups attached to an aromatic ring is 1. The van der Waals surface area contributed by atoms with Crippen LogP contribution in [0.5, 0.6) is 5.75 Å². The molecule has 33 heavy (non-hydrogen) atoms. The van der Waals surface area contributed by atoms with Crippen molar-refractivity contribution in [3.05, 3.63) is 65.2 Å². The zero-order valence-electron chi connectivity index (χ0n) is 20.2. The second kappa shape index (κ2) is 12.5. The van der Waals surface area contributed by atoms with Gasteiger partial charge in [-0.2, -0.15) is 0 Å². The third-order valence-corrected chi connectivity index (χ3v) is 5.70. The van der Waals surface area contributed by atoms with Crippen LogP contribution in [0.2, 0.25) is 0 Å². The van der Waals surface area contributed by atoms with Crippen molar-refractivity contribution in [3.8, 4) is 5.75 Å². The Balaban J connectivity index is 2.27. The number of hydrogen-bond acceptors (Lipinski definition) is 3. The van der Waals surface area contributed by atoms with E-state index in [4.69, 9.17) is 10.5 Å². The normalized spacial score (nSPS) is 11.4. The van der Waals surface area contributed by atoms with Crippen molar-refractivity contribution in [2.45, 2.75) is 78.1 Å². The minimum atomic E-state index is -2.71. The Bertz CT molecular complexity index is 953. The van der Waals surface area contributed by atoms with Crippen LogP contribution in [0.25, 0.3) is 5.57 Å². The monoisotopic (exact) mass is 457 g/mol. The zero-order chi connectivity index (χ0) is 24.4. The van der Waals surface area contributed by atoms with E-state index in [1.54, 1.807) is 19.1 Å². The standard InChI is InChI=1S/C28H37F2NO2/c1-5-7-8-9-24(32)19-33-25-17-22(12-14-28(29,30)13-6-2)16-23(18-25)21(4)26-15-20(3)10-11-27(26)31/h10-11,15-18H,4-9,12-14,19,31H2,1-3H3. The number of carbonyl (C=O) groups is 1. The lowest BCUT2D eigenvalue weighted by Gasteiger charge is -2.17. The Hall–Kier alpha value is -2.69. The first-order valence-electron chi connectivity index (χ1n) is 11.9. The maximum Gasteiger partial charge on any atom is 0.248 e. The maximum absolute atomic E-state index is 14.1. The summed E-state index contributed by atoms with van der Waals surface area (Å²) in [5.41, 5.74) is 10.8. The molecule has 0 aliphatic rings. The van der Waals surface area contributed by atoms with Crippen LogP contribution in [-0.2, 0) is 11.2 Å². The molecule has 0 atom stereocenters. The summed E-state index contributed by atoms with van der Waals surface area (Å²) in [7, 11) is 0. The number of carbonyl (C=O) groups excluding carboxylic acids is 1. The number of ether oxygens (including phenoxy) is 1. The van der Waals surface area contributed by atoms with E-state index in [1.807, 2.05) is 31.2 Å². The molecule has 0 saturated carbocycles. The van der Waals surface area contributed by atoms with Gasteiger partial charge < -0.3 is 10.5 Å². The van der Waals surface area contributed by atoms with E-state index >= 15 is 0 Å². The topological polar surface area (TPSA) is 52.3 Å². The van der Waals surface area contributed by atoms with Crippen LogP contribution in [0.15, 0.2) is 43.0 Å². The van der Waals surface area contributed by atoms with Gasteiger partial charge in [-0.1, -0.05) is 57.4 Å². The summed E-state index contributed by atoms with van der Waals surface area (Å²) in [4.78, 5) is 12.2. The fraction of sp³-hybridized carbons (Fsp3) is 0.464. The molecule has 0 unspecified atom stereocenters. The lowest BCUT2D eigenvalue weighted by molar-refractivity contribution is -0.121. The van der Waals surface area contributed by atoms with Gasteiger partial charge in [0.2, 0.25) is 5.92 Å². The first-order valence-corrected chi connectivity index (χ1v) is 11.9. The van der Waals surface area contributed by atoms with E-state index in [0.717, 1.165) is 41.5 Å². The van der Waals surface area contributed by atoms with Crippen molar-refractivity contribution >= 4 is 17.0 Å². The van der Waals surface area contributed by atoms with E-state index in [1.165, 1.54) is 0 Å². The van der Waals surface area contributed by atoms with E-state index in [9.17, 15) is 13.6 Å². The second-order valence-corrected chi connectivity index (χ2v) is 8.83. The number of nitrogens with two attached hydrogens (primary N) is 1. The Kier molecular flexibility index (Phi) is 10.1. The lowest BCUT2D eigenvalue weighted by atomic mass is 9.93. The van der Waals surface area contributed by atoms with Crippen LogP contribution < -0.4 is 10.5 Å². The Morgan fingerprint density at radius 2 is 1.82 bits per heavy atom. The summed E-state index contributed by atoms with van der Waals surface area (Å²) in [5.74, 6) is -2.19. The number of benzene rings is 2. The fourth-order valence-corrected chi connectivity index (χ4v) is 3.78. The van der Waals surface area contributed by atoms with Gasteiger partial charge in [0.15, 0.2) is 5.78 Å². The first kappa shape index (κ1) is 26.6. The van der Waals surface area contributed by atoms with Crippen LogP contribution >= 0.6 is 0 Å². The zero-order valence-corrected chi connectivity index (χ0v) is 20.2. The van der Waals surface area contributed by atoms with Gasteiger partial charge in [0.05, 0.1) is 0 Å². The van der Waals surface area contributed by atoms with Gasteiger partial charge in [-0.05, 0) is 60.7 Å². The van der Waals surface area contributed by atoms with Gasteiger partial charge in [-0.25, -0.2) is 8.78 Å². The van der Waals surface area contributed by atoms with Crippen molar-refractivity contribution < 1.29 is 18.3 Å².